The number of hydrogen-bond acceptors (Lipinski definition) is 1. The van der Waals surface area contributed by atoms with Gasteiger partial charge in [-0.15, -0.1) is 0 Å². The van der Waals surface area contributed by atoms with E-state index < -0.39 is 18.4 Å². The van der Waals surface area contributed by atoms with Crippen LogP contribution >= 0.6 is 0 Å². The Morgan fingerprint density at radius 2 is 1.73 bits per heavy atom. The van der Waals surface area contributed by atoms with Gasteiger partial charge in [-0.05, 0) is 23.3 Å². The van der Waals surface area contributed by atoms with Crippen LogP contribution in [-0.2, 0) is 24.2 Å². The van der Waals surface area contributed by atoms with Crippen molar-refractivity contribution >= 4 is 0 Å². The number of benzene rings is 1. The summed E-state index contributed by atoms with van der Waals surface area (Å²) in [5, 5.41) is 0. The van der Waals surface area contributed by atoms with E-state index in [4.69, 9.17) is 4.74 Å². The molecule has 0 saturated heterocycles. The molecule has 0 heterocycles. The number of halogens is 4. The minimum atomic E-state index is -4.45. The predicted molar refractivity (Wildman–Crippen MR) is 47.0 cm³/mol. The lowest BCUT2D eigenvalue weighted by Crippen LogP contribution is -2.07. The Bertz CT molecular complexity index is 333. The SMILES string of the molecule is COCc1cc(CF)cc(C(F)(F)F)c1. The maximum absolute atomic E-state index is 12.4. The third kappa shape index (κ3) is 3.20. The van der Waals surface area contributed by atoms with Crippen LogP contribution in [0.1, 0.15) is 16.7 Å². The van der Waals surface area contributed by atoms with Crippen LogP contribution in [-0.4, -0.2) is 7.11 Å². The van der Waals surface area contributed by atoms with E-state index in [1.165, 1.54) is 13.2 Å². The minimum absolute atomic E-state index is 0.0110. The quantitative estimate of drug-likeness (QED) is 0.713. The van der Waals surface area contributed by atoms with E-state index in [0.717, 1.165) is 12.1 Å². The molecule has 0 saturated carbocycles. The Morgan fingerprint density at radius 3 is 2.20 bits per heavy atom. The van der Waals surface area contributed by atoms with Gasteiger partial charge in [-0.3, -0.25) is 0 Å². The Morgan fingerprint density at radius 1 is 1.13 bits per heavy atom. The van der Waals surface area contributed by atoms with E-state index in [-0.39, 0.29) is 12.2 Å². The lowest BCUT2D eigenvalue weighted by molar-refractivity contribution is -0.137. The van der Waals surface area contributed by atoms with Crippen molar-refractivity contribution in [1.29, 1.82) is 0 Å². The maximum Gasteiger partial charge on any atom is 0.416 e. The molecule has 5 heteroatoms. The average Bonchev–Trinajstić information content (AvgIpc) is 2.16. The van der Waals surface area contributed by atoms with Gasteiger partial charge in [-0.2, -0.15) is 13.2 Å². The monoisotopic (exact) mass is 222 g/mol. The molecule has 0 fully saturated rings. The summed E-state index contributed by atoms with van der Waals surface area (Å²) in [5.74, 6) is 0. The average molecular weight is 222 g/mol. The summed E-state index contributed by atoms with van der Waals surface area (Å²) in [6, 6.07) is 3.13. The summed E-state index contributed by atoms with van der Waals surface area (Å²) in [7, 11) is 1.37. The standard InChI is InChI=1S/C10H10F4O/c1-15-6-8-2-7(5-11)3-9(4-8)10(12,13)14/h2-4H,5-6H2,1H3. The summed E-state index contributed by atoms with van der Waals surface area (Å²) in [5.41, 5.74) is -0.512. The zero-order valence-electron chi connectivity index (χ0n) is 8.07. The van der Waals surface area contributed by atoms with Gasteiger partial charge in [-0.25, -0.2) is 4.39 Å². The molecule has 0 N–H and O–H groups in total. The van der Waals surface area contributed by atoms with E-state index in [2.05, 4.69) is 0 Å². The molecule has 1 aromatic carbocycles. The highest BCUT2D eigenvalue weighted by Crippen LogP contribution is 2.31. The molecule has 0 radical (unpaired) electrons. The molecule has 0 aliphatic rings. The Hall–Kier alpha value is -1.10. The van der Waals surface area contributed by atoms with Gasteiger partial charge in [0.2, 0.25) is 0 Å². The van der Waals surface area contributed by atoms with Gasteiger partial charge in [0.25, 0.3) is 0 Å². The van der Waals surface area contributed by atoms with Gasteiger partial charge < -0.3 is 4.74 Å². The third-order valence-electron chi connectivity index (χ3n) is 1.85. The van der Waals surface area contributed by atoms with Gasteiger partial charge in [0, 0.05) is 7.11 Å². The van der Waals surface area contributed by atoms with Crippen LogP contribution in [0.25, 0.3) is 0 Å². The molecule has 0 atom stereocenters. The third-order valence-corrected chi connectivity index (χ3v) is 1.85. The molecule has 0 spiro atoms. The van der Waals surface area contributed by atoms with Gasteiger partial charge >= 0.3 is 6.18 Å². The van der Waals surface area contributed by atoms with Crippen molar-refractivity contribution in [3.8, 4) is 0 Å². The Labute approximate surface area is 84.7 Å². The predicted octanol–water partition coefficient (Wildman–Crippen LogP) is 3.32. The largest absolute Gasteiger partial charge is 0.416 e. The molecule has 84 valence electrons. The smallest absolute Gasteiger partial charge is 0.380 e. The molecule has 0 aliphatic carbocycles. The number of hydrogen-bond donors (Lipinski definition) is 0. The second-order valence-corrected chi connectivity index (χ2v) is 3.10. The first-order valence-corrected chi connectivity index (χ1v) is 4.22. The summed E-state index contributed by atoms with van der Waals surface area (Å²) in [6.07, 6.45) is -4.45. The lowest BCUT2D eigenvalue weighted by atomic mass is 10.1. The fourth-order valence-corrected chi connectivity index (χ4v) is 1.25. The molecule has 15 heavy (non-hydrogen) atoms. The van der Waals surface area contributed by atoms with Crippen LogP contribution < -0.4 is 0 Å². The van der Waals surface area contributed by atoms with E-state index in [9.17, 15) is 17.6 Å². The molecule has 1 nitrogen and oxygen atoms in total. The highest BCUT2D eigenvalue weighted by atomic mass is 19.4. The van der Waals surface area contributed by atoms with Crippen molar-refractivity contribution in [3.05, 3.63) is 34.9 Å². The van der Waals surface area contributed by atoms with Crippen molar-refractivity contribution in [2.45, 2.75) is 19.5 Å². The van der Waals surface area contributed by atoms with Crippen LogP contribution in [0, 0.1) is 0 Å². The Kier molecular flexibility index (Phi) is 3.68. The lowest BCUT2D eigenvalue weighted by Gasteiger charge is -2.10. The summed E-state index contributed by atoms with van der Waals surface area (Å²) < 4.78 is 54.1. The molecule has 0 unspecified atom stereocenters. The van der Waals surface area contributed by atoms with E-state index in [0.29, 0.717) is 5.56 Å². The zero-order valence-corrected chi connectivity index (χ0v) is 8.07. The molecular weight excluding hydrogens is 212 g/mol. The first kappa shape index (κ1) is 12.0. The van der Waals surface area contributed by atoms with E-state index in [1.807, 2.05) is 0 Å². The van der Waals surface area contributed by atoms with Crippen LogP contribution in [0.4, 0.5) is 17.6 Å². The van der Waals surface area contributed by atoms with Crippen LogP contribution in [0.3, 0.4) is 0 Å². The van der Waals surface area contributed by atoms with Gasteiger partial charge in [0.15, 0.2) is 0 Å². The number of methoxy groups -OCH3 is 1. The Balaban J connectivity index is 3.11. The van der Waals surface area contributed by atoms with E-state index in [1.54, 1.807) is 0 Å². The van der Waals surface area contributed by atoms with Gasteiger partial charge in [-0.1, -0.05) is 6.07 Å². The summed E-state index contributed by atoms with van der Waals surface area (Å²) in [6.45, 7) is -0.877. The van der Waals surface area contributed by atoms with Crippen LogP contribution in [0.2, 0.25) is 0 Å². The number of alkyl halides is 4. The van der Waals surface area contributed by atoms with Crippen LogP contribution in [0.15, 0.2) is 18.2 Å². The molecule has 0 aromatic heterocycles. The molecule has 0 bridgehead atoms. The first-order chi connectivity index (χ1) is 6.97. The van der Waals surface area contributed by atoms with Gasteiger partial charge in [0.1, 0.15) is 6.67 Å². The van der Waals surface area contributed by atoms with Crippen molar-refractivity contribution in [3.63, 3.8) is 0 Å². The van der Waals surface area contributed by atoms with Crippen LogP contribution in [0.5, 0.6) is 0 Å². The second-order valence-electron chi connectivity index (χ2n) is 3.10. The van der Waals surface area contributed by atoms with Crippen molar-refractivity contribution < 1.29 is 22.3 Å². The molecule has 0 aliphatic heterocycles. The highest BCUT2D eigenvalue weighted by Gasteiger charge is 2.31. The maximum atomic E-state index is 12.4. The molecule has 0 amide bonds. The van der Waals surface area contributed by atoms with E-state index >= 15 is 0 Å². The van der Waals surface area contributed by atoms with Crippen molar-refractivity contribution in [2.75, 3.05) is 7.11 Å². The fourth-order valence-electron chi connectivity index (χ4n) is 1.25. The topological polar surface area (TPSA) is 9.23 Å². The summed E-state index contributed by atoms with van der Waals surface area (Å²) in [4.78, 5) is 0. The fraction of sp³-hybridized carbons (Fsp3) is 0.400. The number of ether oxygens (including phenoxy) is 1. The minimum Gasteiger partial charge on any atom is -0.380 e. The molecule has 1 rings (SSSR count). The second kappa shape index (κ2) is 4.61. The zero-order chi connectivity index (χ0) is 11.5. The number of rotatable bonds is 3. The summed E-state index contributed by atoms with van der Waals surface area (Å²) >= 11 is 0. The van der Waals surface area contributed by atoms with Gasteiger partial charge in [0.05, 0.1) is 12.2 Å². The van der Waals surface area contributed by atoms with Crippen molar-refractivity contribution in [2.24, 2.45) is 0 Å². The normalized spacial score (nSPS) is 11.8. The first-order valence-electron chi connectivity index (χ1n) is 4.22. The molecule has 1 aromatic rings. The van der Waals surface area contributed by atoms with Crippen molar-refractivity contribution in [1.82, 2.24) is 0 Å². The molecular formula is C10H10F4O. The highest BCUT2D eigenvalue weighted by molar-refractivity contribution is 5.31.